The minimum Gasteiger partial charge on any atom is -0.464 e. The van der Waals surface area contributed by atoms with E-state index in [1.807, 2.05) is 0 Å². The first-order chi connectivity index (χ1) is 6.81. The first-order valence-corrected chi connectivity index (χ1v) is 5.26. The average molecular weight is 244 g/mol. The van der Waals surface area contributed by atoms with Crippen molar-refractivity contribution in [2.45, 2.75) is 19.5 Å². The van der Waals surface area contributed by atoms with E-state index in [1.165, 1.54) is 6.92 Å². The van der Waals surface area contributed by atoms with Gasteiger partial charge in [-0.1, -0.05) is 0 Å². The summed E-state index contributed by atoms with van der Waals surface area (Å²) < 4.78 is 39.4. The second kappa shape index (κ2) is 6.71. The Kier molecular flexibility index (Phi) is 6.38. The fourth-order valence-electron chi connectivity index (χ4n) is 0.657. The van der Waals surface area contributed by atoms with Crippen LogP contribution in [0.5, 0.6) is 0 Å². The average Bonchev–Trinajstić information content (AvgIpc) is 1.99. The van der Waals surface area contributed by atoms with Crippen LogP contribution in [-0.4, -0.2) is 36.0 Å². The molecule has 0 atom stereocenters. The Hall–Kier alpha value is -0.720. The fraction of sp³-hybridized carbons (Fsp3) is 0.750. The third-order valence-electron chi connectivity index (χ3n) is 1.15. The lowest BCUT2D eigenvalue weighted by molar-refractivity contribution is -0.145. The molecule has 0 aliphatic rings. The molecule has 0 amide bonds. The maximum Gasteiger partial charge on any atom is 0.397 e. The fourth-order valence-corrected chi connectivity index (χ4v) is 1.23. The Morgan fingerprint density at radius 2 is 1.93 bits per heavy atom. The van der Waals surface area contributed by atoms with Crippen LogP contribution in [0.4, 0.5) is 13.2 Å². The highest BCUT2D eigenvalue weighted by molar-refractivity contribution is 7.99. The van der Waals surface area contributed by atoms with Gasteiger partial charge in [-0.3, -0.25) is 9.59 Å². The summed E-state index contributed by atoms with van der Waals surface area (Å²) in [6.07, 6.45) is -4.53. The van der Waals surface area contributed by atoms with E-state index in [9.17, 15) is 22.8 Å². The van der Waals surface area contributed by atoms with Crippen LogP contribution in [0.3, 0.4) is 0 Å². The summed E-state index contributed by atoms with van der Waals surface area (Å²) in [6.45, 7) is 1.13. The number of esters is 1. The minimum atomic E-state index is -4.20. The van der Waals surface area contributed by atoms with Gasteiger partial charge < -0.3 is 4.74 Å². The van der Waals surface area contributed by atoms with Crippen LogP contribution in [0.15, 0.2) is 0 Å². The molecule has 88 valence electrons. The standard InChI is InChI=1S/C8H11F3O3S/c1-6(12)4-7(13)14-2-3-15-5-8(9,10)11/h2-5H2,1H3. The number of ketones is 1. The van der Waals surface area contributed by atoms with Gasteiger partial charge in [0.2, 0.25) is 0 Å². The summed E-state index contributed by atoms with van der Waals surface area (Å²) in [5, 5.41) is 0. The maximum atomic E-state index is 11.6. The van der Waals surface area contributed by atoms with E-state index in [4.69, 9.17) is 0 Å². The Labute approximate surface area is 89.4 Å². The quantitative estimate of drug-likeness (QED) is 0.406. The second-order valence-corrected chi connectivity index (χ2v) is 3.87. The molecule has 0 N–H and O–H groups in total. The Morgan fingerprint density at radius 1 is 1.33 bits per heavy atom. The highest BCUT2D eigenvalue weighted by atomic mass is 32.2. The molecule has 0 aliphatic carbocycles. The normalized spacial score (nSPS) is 11.2. The van der Waals surface area contributed by atoms with Crippen LogP contribution >= 0.6 is 11.8 Å². The van der Waals surface area contributed by atoms with Crippen molar-refractivity contribution in [2.24, 2.45) is 0 Å². The van der Waals surface area contributed by atoms with Crippen molar-refractivity contribution >= 4 is 23.5 Å². The van der Waals surface area contributed by atoms with Gasteiger partial charge in [0.15, 0.2) is 0 Å². The van der Waals surface area contributed by atoms with Gasteiger partial charge in [-0.25, -0.2) is 0 Å². The smallest absolute Gasteiger partial charge is 0.397 e. The summed E-state index contributed by atoms with van der Waals surface area (Å²) in [5.41, 5.74) is 0. The van der Waals surface area contributed by atoms with E-state index in [1.54, 1.807) is 0 Å². The molecule has 0 bridgehead atoms. The summed E-state index contributed by atoms with van der Waals surface area (Å²) in [4.78, 5) is 21.2. The van der Waals surface area contributed by atoms with Gasteiger partial charge in [-0.2, -0.15) is 13.2 Å². The van der Waals surface area contributed by atoms with Gasteiger partial charge in [0, 0.05) is 5.75 Å². The van der Waals surface area contributed by atoms with Gasteiger partial charge >= 0.3 is 12.1 Å². The lowest BCUT2D eigenvalue weighted by Gasteiger charge is -2.06. The van der Waals surface area contributed by atoms with Crippen LogP contribution in [0.2, 0.25) is 0 Å². The second-order valence-electron chi connectivity index (χ2n) is 2.77. The number of ether oxygens (including phenoxy) is 1. The number of alkyl halides is 3. The lowest BCUT2D eigenvalue weighted by atomic mass is 10.3. The number of carbonyl (C=O) groups is 2. The molecule has 7 heteroatoms. The summed E-state index contributed by atoms with van der Waals surface area (Å²) in [7, 11) is 0. The van der Waals surface area contributed by atoms with Crippen LogP contribution in [0, 0.1) is 0 Å². The predicted molar refractivity (Wildman–Crippen MR) is 49.6 cm³/mol. The lowest BCUT2D eigenvalue weighted by Crippen LogP contribution is -2.14. The molecule has 0 aromatic carbocycles. The summed E-state index contributed by atoms with van der Waals surface area (Å²) in [6, 6.07) is 0. The van der Waals surface area contributed by atoms with Crippen molar-refractivity contribution in [2.75, 3.05) is 18.1 Å². The molecular formula is C8H11F3O3S. The molecule has 0 saturated carbocycles. The topological polar surface area (TPSA) is 43.4 Å². The third kappa shape index (κ3) is 11.2. The van der Waals surface area contributed by atoms with Crippen molar-refractivity contribution in [3.63, 3.8) is 0 Å². The Morgan fingerprint density at radius 3 is 2.40 bits per heavy atom. The number of carbonyl (C=O) groups excluding carboxylic acids is 2. The van der Waals surface area contributed by atoms with Gasteiger partial charge in [0.05, 0.1) is 5.75 Å². The van der Waals surface area contributed by atoms with Crippen LogP contribution in [-0.2, 0) is 14.3 Å². The van der Waals surface area contributed by atoms with E-state index < -0.39 is 17.9 Å². The zero-order valence-corrected chi connectivity index (χ0v) is 8.91. The van der Waals surface area contributed by atoms with Crippen molar-refractivity contribution < 1.29 is 27.5 Å². The number of halogens is 3. The van der Waals surface area contributed by atoms with Crippen LogP contribution < -0.4 is 0 Å². The van der Waals surface area contributed by atoms with E-state index >= 15 is 0 Å². The Balaban J connectivity index is 3.39. The molecular weight excluding hydrogens is 233 g/mol. The third-order valence-corrected chi connectivity index (χ3v) is 2.14. The first kappa shape index (κ1) is 14.3. The largest absolute Gasteiger partial charge is 0.464 e. The van der Waals surface area contributed by atoms with Gasteiger partial charge in [0.1, 0.15) is 18.8 Å². The molecule has 0 aromatic heterocycles. The Bertz CT molecular complexity index is 228. The van der Waals surface area contributed by atoms with Crippen molar-refractivity contribution in [1.82, 2.24) is 0 Å². The van der Waals surface area contributed by atoms with Crippen LogP contribution in [0.25, 0.3) is 0 Å². The number of thioether (sulfide) groups is 1. The molecule has 0 aliphatic heterocycles. The molecule has 0 radical (unpaired) electrons. The van der Waals surface area contributed by atoms with E-state index in [-0.39, 0.29) is 24.6 Å². The molecule has 3 nitrogen and oxygen atoms in total. The predicted octanol–water partition coefficient (Wildman–Crippen LogP) is 1.80. The number of Topliss-reactive ketones (excluding diaryl/α,β-unsaturated/α-hetero) is 1. The SMILES string of the molecule is CC(=O)CC(=O)OCCSCC(F)(F)F. The molecule has 15 heavy (non-hydrogen) atoms. The zero-order chi connectivity index (χ0) is 11.9. The molecule has 0 heterocycles. The monoisotopic (exact) mass is 244 g/mol. The summed E-state index contributed by atoms with van der Waals surface area (Å²) >= 11 is 0.634. The van der Waals surface area contributed by atoms with E-state index in [0.717, 1.165) is 0 Å². The zero-order valence-electron chi connectivity index (χ0n) is 8.10. The van der Waals surface area contributed by atoms with Gasteiger partial charge in [0.25, 0.3) is 0 Å². The van der Waals surface area contributed by atoms with E-state index in [0.29, 0.717) is 11.8 Å². The van der Waals surface area contributed by atoms with Crippen molar-refractivity contribution in [1.29, 1.82) is 0 Å². The summed E-state index contributed by atoms with van der Waals surface area (Å²) in [5.74, 6) is -1.92. The first-order valence-electron chi connectivity index (χ1n) is 4.11. The van der Waals surface area contributed by atoms with Gasteiger partial charge in [-0.15, -0.1) is 11.8 Å². The molecule has 0 unspecified atom stereocenters. The molecule has 0 aromatic rings. The number of hydrogen-bond donors (Lipinski definition) is 0. The van der Waals surface area contributed by atoms with Gasteiger partial charge in [-0.05, 0) is 6.92 Å². The number of rotatable bonds is 6. The minimum absolute atomic E-state index is 0.0726. The van der Waals surface area contributed by atoms with Crippen molar-refractivity contribution in [3.05, 3.63) is 0 Å². The molecule has 0 fully saturated rings. The number of hydrogen-bond acceptors (Lipinski definition) is 4. The molecule has 0 spiro atoms. The molecule has 0 saturated heterocycles. The highest BCUT2D eigenvalue weighted by Crippen LogP contribution is 2.20. The molecule has 0 rings (SSSR count). The van der Waals surface area contributed by atoms with E-state index in [2.05, 4.69) is 4.74 Å². The van der Waals surface area contributed by atoms with Crippen LogP contribution in [0.1, 0.15) is 13.3 Å². The maximum absolute atomic E-state index is 11.6. The van der Waals surface area contributed by atoms with Crippen molar-refractivity contribution in [3.8, 4) is 0 Å². The highest BCUT2D eigenvalue weighted by Gasteiger charge is 2.26.